The Morgan fingerprint density at radius 3 is 2.50 bits per heavy atom. The van der Waals surface area contributed by atoms with E-state index in [1.807, 2.05) is 0 Å². The van der Waals surface area contributed by atoms with Crippen LogP contribution in [0.4, 0.5) is 8.78 Å². The fourth-order valence-corrected chi connectivity index (χ4v) is 1.53. The van der Waals surface area contributed by atoms with Gasteiger partial charge in [-0.05, 0) is 24.3 Å². The molecular formula is C14H10F2N2O2. The average Bonchev–Trinajstić information content (AvgIpc) is 2.45. The summed E-state index contributed by atoms with van der Waals surface area (Å²) >= 11 is 0. The van der Waals surface area contributed by atoms with Crippen LogP contribution < -0.4 is 0 Å². The molecule has 20 heavy (non-hydrogen) atoms. The maximum absolute atomic E-state index is 13.3. The number of rotatable bonds is 4. The summed E-state index contributed by atoms with van der Waals surface area (Å²) in [6, 6.07) is 6.33. The van der Waals surface area contributed by atoms with Gasteiger partial charge in [-0.3, -0.25) is 4.98 Å². The number of pyridine rings is 1. The van der Waals surface area contributed by atoms with Gasteiger partial charge in [-0.15, -0.1) is 0 Å². The van der Waals surface area contributed by atoms with Crippen LogP contribution in [0.5, 0.6) is 0 Å². The van der Waals surface area contributed by atoms with Crippen molar-refractivity contribution in [1.29, 1.82) is 5.41 Å². The monoisotopic (exact) mass is 276 g/mol. The number of nitrogens with zero attached hydrogens (tertiary/aromatic N) is 1. The Balaban J connectivity index is 2.05. The standard InChI is InChI=1S/C14H10F2N2O2/c15-10-4-1-5-11(16)13(10)14(19)20-8-12(17)9-3-2-6-18-7-9/h1-7,17H,8H2. The second-order valence-electron chi connectivity index (χ2n) is 3.89. The van der Waals surface area contributed by atoms with Crippen molar-refractivity contribution in [2.24, 2.45) is 0 Å². The van der Waals surface area contributed by atoms with Crippen molar-refractivity contribution >= 4 is 11.7 Å². The first-order valence-electron chi connectivity index (χ1n) is 5.68. The summed E-state index contributed by atoms with van der Waals surface area (Å²) in [7, 11) is 0. The molecule has 1 aromatic carbocycles. The van der Waals surface area contributed by atoms with Gasteiger partial charge in [0.05, 0.1) is 5.71 Å². The highest BCUT2D eigenvalue weighted by Gasteiger charge is 2.19. The Morgan fingerprint density at radius 1 is 1.20 bits per heavy atom. The molecule has 102 valence electrons. The summed E-state index contributed by atoms with van der Waals surface area (Å²) in [5.74, 6) is -3.14. The first-order valence-corrected chi connectivity index (χ1v) is 5.68. The van der Waals surface area contributed by atoms with E-state index in [0.717, 1.165) is 18.2 Å². The molecule has 0 aliphatic rings. The van der Waals surface area contributed by atoms with Gasteiger partial charge in [0, 0.05) is 18.0 Å². The maximum atomic E-state index is 13.3. The number of hydrogen-bond donors (Lipinski definition) is 1. The van der Waals surface area contributed by atoms with Gasteiger partial charge in [0.15, 0.2) is 0 Å². The lowest BCUT2D eigenvalue weighted by molar-refractivity contribution is 0.0552. The molecule has 0 saturated heterocycles. The van der Waals surface area contributed by atoms with Crippen LogP contribution >= 0.6 is 0 Å². The SMILES string of the molecule is N=C(COC(=O)c1c(F)cccc1F)c1cccnc1. The van der Waals surface area contributed by atoms with Crippen LogP contribution in [0.15, 0.2) is 42.7 Å². The lowest BCUT2D eigenvalue weighted by Gasteiger charge is -2.07. The molecule has 1 aromatic heterocycles. The Labute approximate surface area is 113 Å². The van der Waals surface area contributed by atoms with E-state index < -0.39 is 29.8 Å². The largest absolute Gasteiger partial charge is 0.455 e. The minimum Gasteiger partial charge on any atom is -0.455 e. The van der Waals surface area contributed by atoms with Gasteiger partial charge in [0.25, 0.3) is 0 Å². The molecule has 2 aromatic rings. The number of esters is 1. The smallest absolute Gasteiger partial charge is 0.344 e. The van der Waals surface area contributed by atoms with E-state index in [1.54, 1.807) is 12.1 Å². The van der Waals surface area contributed by atoms with Gasteiger partial charge >= 0.3 is 5.97 Å². The summed E-state index contributed by atoms with van der Waals surface area (Å²) < 4.78 is 31.4. The predicted octanol–water partition coefficient (Wildman–Crippen LogP) is 2.58. The lowest BCUT2D eigenvalue weighted by Crippen LogP contribution is -2.16. The molecule has 0 aliphatic heterocycles. The third-order valence-corrected chi connectivity index (χ3v) is 2.52. The Bertz CT molecular complexity index is 625. The van der Waals surface area contributed by atoms with Gasteiger partial charge in [-0.1, -0.05) is 6.07 Å². The zero-order chi connectivity index (χ0) is 14.5. The van der Waals surface area contributed by atoms with E-state index in [2.05, 4.69) is 4.98 Å². The second kappa shape index (κ2) is 6.01. The van der Waals surface area contributed by atoms with Gasteiger partial charge in [-0.2, -0.15) is 0 Å². The lowest BCUT2D eigenvalue weighted by atomic mass is 10.2. The second-order valence-corrected chi connectivity index (χ2v) is 3.89. The molecule has 6 heteroatoms. The Morgan fingerprint density at radius 2 is 1.90 bits per heavy atom. The first-order chi connectivity index (χ1) is 9.59. The van der Waals surface area contributed by atoms with Crippen molar-refractivity contribution in [3.63, 3.8) is 0 Å². The predicted molar refractivity (Wildman–Crippen MR) is 67.7 cm³/mol. The van der Waals surface area contributed by atoms with Gasteiger partial charge < -0.3 is 10.1 Å². The van der Waals surface area contributed by atoms with Crippen LogP contribution in [0.1, 0.15) is 15.9 Å². The molecule has 0 spiro atoms. The molecule has 0 aliphatic carbocycles. The molecule has 4 nitrogen and oxygen atoms in total. The van der Waals surface area contributed by atoms with Crippen LogP contribution in [0.3, 0.4) is 0 Å². The third kappa shape index (κ3) is 3.03. The highest BCUT2D eigenvalue weighted by molar-refractivity contribution is 6.00. The molecule has 0 saturated carbocycles. The minimum absolute atomic E-state index is 0.0109. The average molecular weight is 276 g/mol. The summed E-state index contributed by atoms with van der Waals surface area (Å²) in [6.45, 7) is -0.391. The van der Waals surface area contributed by atoms with Crippen molar-refractivity contribution in [3.8, 4) is 0 Å². The quantitative estimate of drug-likeness (QED) is 0.689. The van der Waals surface area contributed by atoms with E-state index in [0.29, 0.717) is 5.56 Å². The van der Waals surface area contributed by atoms with Gasteiger partial charge in [-0.25, -0.2) is 13.6 Å². The summed E-state index contributed by atoms with van der Waals surface area (Å²) in [4.78, 5) is 15.4. The number of halogens is 2. The van der Waals surface area contributed by atoms with E-state index in [4.69, 9.17) is 10.1 Å². The van der Waals surface area contributed by atoms with Gasteiger partial charge in [0.2, 0.25) is 0 Å². The minimum atomic E-state index is -1.14. The number of aromatic nitrogens is 1. The van der Waals surface area contributed by atoms with E-state index in [9.17, 15) is 13.6 Å². The number of carbonyl (C=O) groups is 1. The van der Waals surface area contributed by atoms with Crippen molar-refractivity contribution < 1.29 is 18.3 Å². The Hall–Kier alpha value is -2.63. The summed E-state index contributed by atoms with van der Waals surface area (Å²) in [6.07, 6.45) is 2.97. The molecular weight excluding hydrogens is 266 g/mol. The van der Waals surface area contributed by atoms with Crippen molar-refractivity contribution in [2.75, 3.05) is 6.61 Å². The zero-order valence-corrected chi connectivity index (χ0v) is 10.3. The first kappa shape index (κ1) is 13.8. The summed E-state index contributed by atoms with van der Waals surface area (Å²) in [5.41, 5.74) is -0.302. The van der Waals surface area contributed by atoms with Crippen LogP contribution in [-0.4, -0.2) is 23.3 Å². The molecule has 2 rings (SSSR count). The molecule has 1 N–H and O–H groups in total. The topological polar surface area (TPSA) is 63.0 Å². The van der Waals surface area contributed by atoms with E-state index >= 15 is 0 Å². The van der Waals surface area contributed by atoms with Crippen LogP contribution in [0.2, 0.25) is 0 Å². The van der Waals surface area contributed by atoms with Crippen LogP contribution in [-0.2, 0) is 4.74 Å². The number of nitrogens with one attached hydrogen (secondary N) is 1. The molecule has 0 amide bonds. The zero-order valence-electron chi connectivity index (χ0n) is 10.3. The van der Waals surface area contributed by atoms with E-state index in [1.165, 1.54) is 12.4 Å². The Kier molecular flexibility index (Phi) is 4.14. The maximum Gasteiger partial charge on any atom is 0.344 e. The molecule has 0 atom stereocenters. The van der Waals surface area contributed by atoms with E-state index in [-0.39, 0.29) is 5.71 Å². The highest BCUT2D eigenvalue weighted by Crippen LogP contribution is 2.13. The molecule has 0 unspecified atom stereocenters. The summed E-state index contributed by atoms with van der Waals surface area (Å²) in [5, 5.41) is 7.69. The molecule has 0 fully saturated rings. The van der Waals surface area contributed by atoms with Crippen molar-refractivity contribution in [2.45, 2.75) is 0 Å². The highest BCUT2D eigenvalue weighted by atomic mass is 19.1. The van der Waals surface area contributed by atoms with Crippen molar-refractivity contribution in [1.82, 2.24) is 4.98 Å². The fourth-order valence-electron chi connectivity index (χ4n) is 1.53. The fraction of sp³-hybridized carbons (Fsp3) is 0.0714. The number of benzene rings is 1. The molecule has 0 radical (unpaired) electrons. The van der Waals surface area contributed by atoms with Crippen LogP contribution in [0.25, 0.3) is 0 Å². The van der Waals surface area contributed by atoms with Crippen LogP contribution in [0, 0.1) is 17.0 Å². The molecule has 1 heterocycles. The number of carbonyl (C=O) groups excluding carboxylic acids is 1. The van der Waals surface area contributed by atoms with Crippen molar-refractivity contribution in [3.05, 3.63) is 65.5 Å². The normalized spacial score (nSPS) is 10.1. The number of hydrogen-bond acceptors (Lipinski definition) is 4. The third-order valence-electron chi connectivity index (χ3n) is 2.52. The van der Waals surface area contributed by atoms with Gasteiger partial charge in [0.1, 0.15) is 23.8 Å². The number of ether oxygens (including phenoxy) is 1. The molecule has 0 bridgehead atoms.